The number of fused-ring (bicyclic) bond motifs is 3. The second-order valence-corrected chi connectivity index (χ2v) is 3.93. The molecule has 0 aliphatic heterocycles. The van der Waals surface area contributed by atoms with E-state index >= 15 is 0 Å². The second kappa shape index (κ2) is 3.49. The minimum absolute atomic E-state index is 1.20. The van der Waals surface area contributed by atoms with Crippen molar-refractivity contribution in [3.63, 3.8) is 0 Å². The second-order valence-electron chi connectivity index (χ2n) is 3.93. The summed E-state index contributed by atoms with van der Waals surface area (Å²) >= 11 is 0. The van der Waals surface area contributed by atoms with Gasteiger partial charge in [-0.1, -0.05) is 67.3 Å². The van der Waals surface area contributed by atoms with Crippen LogP contribution in [-0.4, -0.2) is 0 Å². The standard InChI is InChI=1S/C16H12/c1-2-12-7-5-9-16-14-8-4-3-6-13(14)10-11-15(12)16/h2-11H,1H2. The summed E-state index contributed by atoms with van der Waals surface area (Å²) in [6, 6.07) is 19.2. The van der Waals surface area contributed by atoms with Crippen molar-refractivity contribution in [2.24, 2.45) is 0 Å². The summed E-state index contributed by atoms with van der Waals surface area (Å²) in [6.07, 6.45) is 1.91. The first-order valence-electron chi connectivity index (χ1n) is 5.43. The molecule has 0 heteroatoms. The lowest BCUT2D eigenvalue weighted by molar-refractivity contribution is 1.73. The van der Waals surface area contributed by atoms with Gasteiger partial charge in [-0.3, -0.25) is 0 Å². The molecule has 0 aliphatic carbocycles. The predicted octanol–water partition coefficient (Wildman–Crippen LogP) is 4.64. The highest BCUT2D eigenvalue weighted by molar-refractivity contribution is 6.09. The van der Waals surface area contributed by atoms with Gasteiger partial charge in [0.1, 0.15) is 0 Å². The fourth-order valence-corrected chi connectivity index (χ4v) is 2.24. The average molecular weight is 204 g/mol. The van der Waals surface area contributed by atoms with Crippen LogP contribution in [0, 0.1) is 0 Å². The molecule has 3 aromatic carbocycles. The van der Waals surface area contributed by atoms with Crippen LogP contribution in [0.4, 0.5) is 0 Å². The molecule has 0 fully saturated rings. The summed E-state index contributed by atoms with van der Waals surface area (Å²) in [7, 11) is 0. The van der Waals surface area contributed by atoms with Gasteiger partial charge in [-0.05, 0) is 27.1 Å². The van der Waals surface area contributed by atoms with Crippen molar-refractivity contribution in [1.29, 1.82) is 0 Å². The van der Waals surface area contributed by atoms with Gasteiger partial charge in [0.25, 0.3) is 0 Å². The quantitative estimate of drug-likeness (QED) is 0.507. The molecule has 76 valence electrons. The lowest BCUT2D eigenvalue weighted by atomic mass is 9.98. The topological polar surface area (TPSA) is 0 Å². The Morgan fingerprint density at radius 3 is 2.38 bits per heavy atom. The summed E-state index contributed by atoms with van der Waals surface area (Å²) in [5.41, 5.74) is 1.20. The van der Waals surface area contributed by atoms with E-state index in [-0.39, 0.29) is 0 Å². The lowest BCUT2D eigenvalue weighted by Gasteiger charge is -2.06. The zero-order chi connectivity index (χ0) is 11.0. The summed E-state index contributed by atoms with van der Waals surface area (Å²) in [5, 5.41) is 5.17. The maximum Gasteiger partial charge on any atom is -0.00994 e. The molecule has 0 radical (unpaired) electrons. The SMILES string of the molecule is C=Cc1cccc2c1ccc1ccccc12. The van der Waals surface area contributed by atoms with E-state index in [1.807, 2.05) is 6.08 Å². The van der Waals surface area contributed by atoms with E-state index in [0.29, 0.717) is 0 Å². The smallest absolute Gasteiger partial charge is 0.00994 e. The van der Waals surface area contributed by atoms with Gasteiger partial charge in [-0.25, -0.2) is 0 Å². The van der Waals surface area contributed by atoms with E-state index in [2.05, 4.69) is 61.2 Å². The van der Waals surface area contributed by atoms with Crippen molar-refractivity contribution >= 4 is 27.6 Å². The first kappa shape index (κ1) is 9.17. The number of hydrogen-bond acceptors (Lipinski definition) is 0. The van der Waals surface area contributed by atoms with Gasteiger partial charge in [-0.15, -0.1) is 0 Å². The molecular formula is C16H12. The Labute approximate surface area is 94.8 Å². The number of hydrogen-bond donors (Lipinski definition) is 0. The maximum atomic E-state index is 3.86. The fraction of sp³-hybridized carbons (Fsp3) is 0. The Kier molecular flexibility index (Phi) is 2.00. The number of benzene rings is 3. The molecule has 3 aromatic rings. The molecule has 0 bridgehead atoms. The van der Waals surface area contributed by atoms with Crippen LogP contribution < -0.4 is 0 Å². The highest BCUT2D eigenvalue weighted by Crippen LogP contribution is 2.27. The molecule has 0 spiro atoms. The third-order valence-corrected chi connectivity index (χ3v) is 3.04. The van der Waals surface area contributed by atoms with E-state index in [1.165, 1.54) is 27.1 Å². The molecule has 0 heterocycles. The molecule has 0 N–H and O–H groups in total. The lowest BCUT2D eigenvalue weighted by Crippen LogP contribution is -1.80. The Morgan fingerprint density at radius 1 is 0.688 bits per heavy atom. The monoisotopic (exact) mass is 204 g/mol. The minimum Gasteiger partial charge on any atom is -0.0984 e. The van der Waals surface area contributed by atoms with E-state index in [9.17, 15) is 0 Å². The third kappa shape index (κ3) is 1.24. The third-order valence-electron chi connectivity index (χ3n) is 3.04. The Balaban J connectivity index is 2.57. The van der Waals surface area contributed by atoms with Crippen LogP contribution in [0.3, 0.4) is 0 Å². The maximum absolute atomic E-state index is 3.86. The molecule has 3 rings (SSSR count). The van der Waals surface area contributed by atoms with Gasteiger partial charge in [0.15, 0.2) is 0 Å². The molecule has 0 saturated carbocycles. The summed E-state index contributed by atoms with van der Waals surface area (Å²) < 4.78 is 0. The van der Waals surface area contributed by atoms with Crippen LogP contribution in [-0.2, 0) is 0 Å². The van der Waals surface area contributed by atoms with Crippen LogP contribution in [0.25, 0.3) is 27.6 Å². The van der Waals surface area contributed by atoms with Crippen LogP contribution >= 0.6 is 0 Å². The van der Waals surface area contributed by atoms with Gasteiger partial charge in [-0.2, -0.15) is 0 Å². The summed E-state index contributed by atoms with van der Waals surface area (Å²) in [6.45, 7) is 3.86. The van der Waals surface area contributed by atoms with Crippen LogP contribution in [0.5, 0.6) is 0 Å². The molecule has 0 unspecified atom stereocenters. The van der Waals surface area contributed by atoms with Crippen LogP contribution in [0.1, 0.15) is 5.56 Å². The molecular weight excluding hydrogens is 192 g/mol. The Hall–Kier alpha value is -2.08. The van der Waals surface area contributed by atoms with Gasteiger partial charge < -0.3 is 0 Å². The summed E-state index contributed by atoms with van der Waals surface area (Å²) in [5.74, 6) is 0. The normalized spacial score (nSPS) is 10.8. The first-order chi connectivity index (χ1) is 7.90. The van der Waals surface area contributed by atoms with E-state index in [4.69, 9.17) is 0 Å². The van der Waals surface area contributed by atoms with E-state index in [0.717, 1.165) is 0 Å². The van der Waals surface area contributed by atoms with Crippen molar-refractivity contribution in [3.8, 4) is 0 Å². The van der Waals surface area contributed by atoms with Gasteiger partial charge in [0, 0.05) is 0 Å². The van der Waals surface area contributed by atoms with Crippen molar-refractivity contribution in [1.82, 2.24) is 0 Å². The molecule has 0 aromatic heterocycles. The van der Waals surface area contributed by atoms with Gasteiger partial charge >= 0.3 is 0 Å². The van der Waals surface area contributed by atoms with E-state index < -0.39 is 0 Å². The highest BCUT2D eigenvalue weighted by atomic mass is 14.0. The zero-order valence-electron chi connectivity index (χ0n) is 8.98. The van der Waals surface area contributed by atoms with E-state index in [1.54, 1.807) is 0 Å². The Morgan fingerprint density at radius 2 is 1.50 bits per heavy atom. The minimum atomic E-state index is 1.20. The average Bonchev–Trinajstić information content (AvgIpc) is 2.37. The first-order valence-corrected chi connectivity index (χ1v) is 5.43. The molecule has 0 aliphatic rings. The highest BCUT2D eigenvalue weighted by Gasteiger charge is 2.01. The molecule has 0 atom stereocenters. The van der Waals surface area contributed by atoms with Crippen molar-refractivity contribution in [2.75, 3.05) is 0 Å². The van der Waals surface area contributed by atoms with Crippen molar-refractivity contribution in [2.45, 2.75) is 0 Å². The number of rotatable bonds is 1. The van der Waals surface area contributed by atoms with Crippen LogP contribution in [0.15, 0.2) is 61.2 Å². The zero-order valence-corrected chi connectivity index (χ0v) is 8.98. The predicted molar refractivity (Wildman–Crippen MR) is 71.5 cm³/mol. The van der Waals surface area contributed by atoms with Gasteiger partial charge in [0.2, 0.25) is 0 Å². The largest absolute Gasteiger partial charge is 0.0984 e. The molecule has 16 heavy (non-hydrogen) atoms. The fourth-order valence-electron chi connectivity index (χ4n) is 2.24. The van der Waals surface area contributed by atoms with Crippen LogP contribution in [0.2, 0.25) is 0 Å². The molecule has 0 saturated heterocycles. The molecule has 0 amide bonds. The van der Waals surface area contributed by atoms with Crippen molar-refractivity contribution < 1.29 is 0 Å². The van der Waals surface area contributed by atoms with Crippen molar-refractivity contribution in [3.05, 3.63) is 66.7 Å². The molecule has 0 nitrogen and oxygen atoms in total. The summed E-state index contributed by atoms with van der Waals surface area (Å²) in [4.78, 5) is 0. The Bertz CT molecular complexity index is 678. The van der Waals surface area contributed by atoms with Gasteiger partial charge in [0.05, 0.1) is 0 Å².